The van der Waals surface area contributed by atoms with Crippen molar-refractivity contribution in [3.63, 3.8) is 0 Å². The summed E-state index contributed by atoms with van der Waals surface area (Å²) in [5, 5.41) is 4.04. The molecular formula is C19H20N2O2S. The van der Waals surface area contributed by atoms with Gasteiger partial charge in [0.15, 0.2) is 16.6 Å². The smallest absolute Gasteiger partial charge is 0.173 e. The SMILES string of the molecule is CN(C(=S)Nc1ccc2c(c1)OCCO2)C1CCc2ccccc21. The number of aryl methyl sites for hydroxylation is 1. The Morgan fingerprint density at radius 2 is 1.92 bits per heavy atom. The van der Waals surface area contributed by atoms with Crippen LogP contribution in [0.25, 0.3) is 0 Å². The van der Waals surface area contributed by atoms with E-state index in [4.69, 9.17) is 21.7 Å². The molecule has 1 heterocycles. The summed E-state index contributed by atoms with van der Waals surface area (Å²) >= 11 is 5.62. The molecule has 0 radical (unpaired) electrons. The van der Waals surface area contributed by atoms with Crippen molar-refractivity contribution in [3.05, 3.63) is 53.6 Å². The minimum atomic E-state index is 0.332. The Kier molecular flexibility index (Phi) is 4.02. The lowest BCUT2D eigenvalue weighted by molar-refractivity contribution is 0.171. The van der Waals surface area contributed by atoms with E-state index in [0.29, 0.717) is 24.4 Å². The number of nitrogens with one attached hydrogen (secondary N) is 1. The van der Waals surface area contributed by atoms with Gasteiger partial charge in [0.1, 0.15) is 13.2 Å². The van der Waals surface area contributed by atoms with Crippen molar-refractivity contribution >= 4 is 23.0 Å². The molecule has 2 aromatic rings. The lowest BCUT2D eigenvalue weighted by Crippen LogP contribution is -2.33. The zero-order valence-electron chi connectivity index (χ0n) is 13.6. The van der Waals surface area contributed by atoms with Crippen LogP contribution in [-0.2, 0) is 6.42 Å². The van der Waals surface area contributed by atoms with Crippen molar-refractivity contribution in [1.82, 2.24) is 4.90 Å². The van der Waals surface area contributed by atoms with E-state index >= 15 is 0 Å². The summed E-state index contributed by atoms with van der Waals surface area (Å²) in [5.74, 6) is 1.55. The van der Waals surface area contributed by atoms with Crippen molar-refractivity contribution in [2.24, 2.45) is 0 Å². The molecular weight excluding hydrogens is 320 g/mol. The predicted molar refractivity (Wildman–Crippen MR) is 98.9 cm³/mol. The normalized spacial score (nSPS) is 18.0. The molecule has 0 bridgehead atoms. The first kappa shape index (κ1) is 15.3. The second-order valence-corrected chi connectivity index (χ2v) is 6.54. The largest absolute Gasteiger partial charge is 0.486 e. The molecule has 1 unspecified atom stereocenters. The maximum Gasteiger partial charge on any atom is 0.173 e. The first-order valence-corrected chi connectivity index (χ1v) is 8.64. The predicted octanol–water partition coefficient (Wildman–Crippen LogP) is 3.77. The van der Waals surface area contributed by atoms with Crippen molar-refractivity contribution in [1.29, 1.82) is 0 Å². The summed E-state index contributed by atoms with van der Waals surface area (Å²) in [4.78, 5) is 2.15. The van der Waals surface area contributed by atoms with Crippen LogP contribution in [0.15, 0.2) is 42.5 Å². The summed E-state index contributed by atoms with van der Waals surface area (Å²) in [6.07, 6.45) is 2.20. The topological polar surface area (TPSA) is 33.7 Å². The molecule has 1 aliphatic carbocycles. The number of rotatable bonds is 2. The van der Waals surface area contributed by atoms with Crippen LogP contribution >= 0.6 is 12.2 Å². The fraction of sp³-hybridized carbons (Fsp3) is 0.316. The molecule has 5 heteroatoms. The second-order valence-electron chi connectivity index (χ2n) is 6.15. The third-order valence-corrected chi connectivity index (χ3v) is 5.07. The first-order valence-electron chi connectivity index (χ1n) is 8.23. The van der Waals surface area contributed by atoms with Crippen molar-refractivity contribution in [2.75, 3.05) is 25.6 Å². The third kappa shape index (κ3) is 2.80. The van der Waals surface area contributed by atoms with Gasteiger partial charge in [-0.25, -0.2) is 0 Å². The van der Waals surface area contributed by atoms with Crippen molar-refractivity contribution < 1.29 is 9.47 Å². The van der Waals surface area contributed by atoms with Crippen LogP contribution in [0.1, 0.15) is 23.6 Å². The fourth-order valence-corrected chi connectivity index (χ4v) is 3.66. The Morgan fingerprint density at radius 1 is 1.12 bits per heavy atom. The van der Waals surface area contributed by atoms with E-state index in [1.165, 1.54) is 11.1 Å². The Bertz CT molecular complexity index is 778. The lowest BCUT2D eigenvalue weighted by atomic mass is 10.1. The Balaban J connectivity index is 1.48. The Labute approximate surface area is 147 Å². The average Bonchev–Trinajstić information content (AvgIpc) is 3.05. The monoisotopic (exact) mass is 340 g/mol. The molecule has 0 aromatic heterocycles. The Hall–Kier alpha value is -2.27. The van der Waals surface area contributed by atoms with Crippen molar-refractivity contribution in [3.8, 4) is 11.5 Å². The number of anilines is 1. The van der Waals surface area contributed by atoms with E-state index < -0.39 is 0 Å². The van der Waals surface area contributed by atoms with Crippen LogP contribution in [0.2, 0.25) is 0 Å². The zero-order chi connectivity index (χ0) is 16.5. The van der Waals surface area contributed by atoms with Crippen LogP contribution in [0, 0.1) is 0 Å². The summed E-state index contributed by atoms with van der Waals surface area (Å²) in [5.41, 5.74) is 3.73. The number of ether oxygens (including phenoxy) is 2. The highest BCUT2D eigenvalue weighted by molar-refractivity contribution is 7.80. The van der Waals surface area contributed by atoms with Gasteiger partial charge in [-0.1, -0.05) is 24.3 Å². The van der Waals surface area contributed by atoms with E-state index in [-0.39, 0.29) is 0 Å². The number of hydrogen-bond acceptors (Lipinski definition) is 3. The van der Waals surface area contributed by atoms with E-state index in [1.807, 2.05) is 18.2 Å². The number of nitrogens with zero attached hydrogens (tertiary/aromatic N) is 1. The van der Waals surface area contributed by atoms with Gasteiger partial charge in [0.25, 0.3) is 0 Å². The van der Waals surface area contributed by atoms with Gasteiger partial charge in [0.05, 0.1) is 6.04 Å². The van der Waals surface area contributed by atoms with Gasteiger partial charge in [0, 0.05) is 18.8 Å². The van der Waals surface area contributed by atoms with Crippen LogP contribution in [0.3, 0.4) is 0 Å². The Morgan fingerprint density at radius 3 is 2.79 bits per heavy atom. The quantitative estimate of drug-likeness (QED) is 0.842. The minimum Gasteiger partial charge on any atom is -0.486 e. The van der Waals surface area contributed by atoms with Crippen molar-refractivity contribution in [2.45, 2.75) is 18.9 Å². The highest BCUT2D eigenvalue weighted by atomic mass is 32.1. The molecule has 2 aromatic carbocycles. The molecule has 1 N–H and O–H groups in total. The molecule has 124 valence electrons. The summed E-state index contributed by atoms with van der Waals surface area (Å²) < 4.78 is 11.2. The van der Waals surface area contributed by atoms with Gasteiger partial charge >= 0.3 is 0 Å². The van der Waals surface area contributed by atoms with Gasteiger partial charge in [-0.15, -0.1) is 0 Å². The molecule has 24 heavy (non-hydrogen) atoms. The van der Waals surface area contributed by atoms with Gasteiger partial charge in [-0.3, -0.25) is 0 Å². The van der Waals surface area contributed by atoms with E-state index in [0.717, 1.165) is 30.0 Å². The molecule has 4 nitrogen and oxygen atoms in total. The number of hydrogen-bond donors (Lipinski definition) is 1. The maximum absolute atomic E-state index is 5.63. The summed E-state index contributed by atoms with van der Waals surface area (Å²) in [6.45, 7) is 1.18. The number of benzene rings is 2. The molecule has 0 fully saturated rings. The van der Waals surface area contributed by atoms with Crippen LogP contribution in [0.5, 0.6) is 11.5 Å². The van der Waals surface area contributed by atoms with Gasteiger partial charge in [0.2, 0.25) is 0 Å². The molecule has 1 atom stereocenters. The molecule has 2 aliphatic rings. The lowest BCUT2D eigenvalue weighted by Gasteiger charge is -2.28. The number of thiocarbonyl (C=S) groups is 1. The number of fused-ring (bicyclic) bond motifs is 2. The van der Waals surface area contributed by atoms with Gasteiger partial charge in [-0.05, 0) is 48.3 Å². The third-order valence-electron chi connectivity index (χ3n) is 4.68. The highest BCUT2D eigenvalue weighted by Crippen LogP contribution is 2.36. The molecule has 0 spiro atoms. The van der Waals surface area contributed by atoms with Crippen LogP contribution < -0.4 is 14.8 Å². The maximum atomic E-state index is 5.63. The highest BCUT2D eigenvalue weighted by Gasteiger charge is 2.27. The molecule has 0 saturated heterocycles. The zero-order valence-corrected chi connectivity index (χ0v) is 14.4. The van der Waals surface area contributed by atoms with E-state index in [1.54, 1.807) is 0 Å². The molecule has 0 amide bonds. The van der Waals surface area contributed by atoms with Crippen LogP contribution in [0.4, 0.5) is 5.69 Å². The molecule has 0 saturated carbocycles. The second kappa shape index (κ2) is 6.32. The standard InChI is InChI=1S/C19H20N2O2S/c1-21(16-8-6-13-4-2-3-5-15(13)16)19(24)20-14-7-9-17-18(12-14)23-11-10-22-17/h2-5,7,9,12,16H,6,8,10-11H2,1H3,(H,20,24). The molecule has 1 aliphatic heterocycles. The summed E-state index contributed by atoms with van der Waals surface area (Å²) in [6, 6.07) is 14.8. The fourth-order valence-electron chi connectivity index (χ4n) is 3.41. The van der Waals surface area contributed by atoms with Gasteiger partial charge < -0.3 is 19.7 Å². The summed E-state index contributed by atoms with van der Waals surface area (Å²) in [7, 11) is 2.06. The van der Waals surface area contributed by atoms with Crippen LogP contribution in [-0.4, -0.2) is 30.3 Å². The van der Waals surface area contributed by atoms with E-state index in [2.05, 4.69) is 41.5 Å². The van der Waals surface area contributed by atoms with Gasteiger partial charge in [-0.2, -0.15) is 0 Å². The van der Waals surface area contributed by atoms with E-state index in [9.17, 15) is 0 Å². The minimum absolute atomic E-state index is 0.332. The molecule has 4 rings (SSSR count). The average molecular weight is 340 g/mol. The first-order chi connectivity index (χ1) is 11.7.